The minimum absolute atomic E-state index is 0.150. The Kier molecular flexibility index (Phi) is 5.42. The average molecular weight is 455 g/mol. The summed E-state index contributed by atoms with van der Waals surface area (Å²) in [6.07, 6.45) is 1.56. The maximum Gasteiger partial charge on any atom is 0.246 e. The standard InChI is InChI=1S/C12H13Br2N3O2S2/c1-15-12-11(4-8(13)5-16-12)21(18,19)17(2)6-10-3-9(14)7-20-10/h3-5,7H,6H2,1-2H3,(H,15,16). The number of aromatic nitrogens is 1. The number of hydrogen-bond donors (Lipinski definition) is 1. The van der Waals surface area contributed by atoms with Crippen molar-refractivity contribution in [3.8, 4) is 0 Å². The molecule has 0 aromatic carbocycles. The van der Waals surface area contributed by atoms with Gasteiger partial charge in [-0.25, -0.2) is 13.4 Å². The Morgan fingerprint density at radius 2 is 2.05 bits per heavy atom. The lowest BCUT2D eigenvalue weighted by molar-refractivity contribution is 0.469. The van der Waals surface area contributed by atoms with E-state index in [4.69, 9.17) is 0 Å². The highest BCUT2D eigenvalue weighted by Crippen LogP contribution is 2.27. The lowest BCUT2D eigenvalue weighted by Crippen LogP contribution is -2.27. The van der Waals surface area contributed by atoms with E-state index >= 15 is 0 Å². The maximum atomic E-state index is 12.7. The van der Waals surface area contributed by atoms with Crippen LogP contribution in [0.15, 0.2) is 37.6 Å². The first-order valence-corrected chi connectivity index (χ1v) is 9.77. The third kappa shape index (κ3) is 3.84. The highest BCUT2D eigenvalue weighted by Gasteiger charge is 2.25. The highest BCUT2D eigenvalue weighted by molar-refractivity contribution is 9.10. The Morgan fingerprint density at radius 3 is 2.62 bits per heavy atom. The van der Waals surface area contributed by atoms with Crippen molar-refractivity contribution in [3.05, 3.63) is 37.5 Å². The number of thiophene rings is 1. The lowest BCUT2D eigenvalue weighted by atomic mass is 10.4. The molecule has 0 atom stereocenters. The summed E-state index contributed by atoms with van der Waals surface area (Å²) in [5, 5.41) is 4.74. The van der Waals surface area contributed by atoms with E-state index < -0.39 is 10.0 Å². The van der Waals surface area contributed by atoms with Gasteiger partial charge in [-0.15, -0.1) is 11.3 Å². The smallest absolute Gasteiger partial charge is 0.246 e. The van der Waals surface area contributed by atoms with Crippen LogP contribution in [0.2, 0.25) is 0 Å². The zero-order chi connectivity index (χ0) is 15.6. The molecule has 0 aliphatic carbocycles. The largest absolute Gasteiger partial charge is 0.372 e. The second-order valence-electron chi connectivity index (χ2n) is 4.24. The molecule has 114 valence electrons. The van der Waals surface area contributed by atoms with Crippen molar-refractivity contribution in [2.75, 3.05) is 19.4 Å². The number of sulfonamides is 1. The minimum atomic E-state index is -3.62. The number of pyridine rings is 1. The fraction of sp³-hybridized carbons (Fsp3) is 0.250. The molecule has 0 unspecified atom stereocenters. The first-order chi connectivity index (χ1) is 9.84. The van der Waals surface area contributed by atoms with Gasteiger partial charge in [0.2, 0.25) is 10.0 Å². The molecule has 0 aliphatic rings. The van der Waals surface area contributed by atoms with E-state index in [0.29, 0.717) is 16.8 Å². The Labute approximate surface area is 144 Å². The molecule has 0 fully saturated rings. The summed E-state index contributed by atoms with van der Waals surface area (Å²) in [7, 11) is -0.420. The number of halogens is 2. The molecule has 0 spiro atoms. The summed E-state index contributed by atoms with van der Waals surface area (Å²) in [5.41, 5.74) is 0. The van der Waals surface area contributed by atoms with Crippen LogP contribution in [0.25, 0.3) is 0 Å². The summed E-state index contributed by atoms with van der Waals surface area (Å²) < 4.78 is 28.3. The van der Waals surface area contributed by atoms with Gasteiger partial charge in [0.15, 0.2) is 0 Å². The molecule has 0 saturated carbocycles. The SMILES string of the molecule is CNc1ncc(Br)cc1S(=O)(=O)N(C)Cc1cc(Br)cs1. The Bertz CT molecular complexity index is 747. The van der Waals surface area contributed by atoms with Crippen molar-refractivity contribution < 1.29 is 8.42 Å². The van der Waals surface area contributed by atoms with Crippen molar-refractivity contribution in [3.63, 3.8) is 0 Å². The molecule has 1 N–H and O–H groups in total. The van der Waals surface area contributed by atoms with Crippen molar-refractivity contribution in [1.29, 1.82) is 0 Å². The zero-order valence-electron chi connectivity index (χ0n) is 11.3. The summed E-state index contributed by atoms with van der Waals surface area (Å²) in [4.78, 5) is 5.20. The van der Waals surface area contributed by atoms with E-state index in [9.17, 15) is 8.42 Å². The number of hydrogen-bond acceptors (Lipinski definition) is 5. The first kappa shape index (κ1) is 16.9. The van der Waals surface area contributed by atoms with Gasteiger partial charge in [0.25, 0.3) is 0 Å². The van der Waals surface area contributed by atoms with Crippen LogP contribution in [-0.4, -0.2) is 31.8 Å². The molecule has 0 radical (unpaired) electrons. The monoisotopic (exact) mass is 453 g/mol. The Hall–Kier alpha value is -0.480. The second kappa shape index (κ2) is 6.74. The molecule has 5 nitrogen and oxygen atoms in total. The fourth-order valence-electron chi connectivity index (χ4n) is 1.71. The van der Waals surface area contributed by atoms with Crippen LogP contribution in [0.1, 0.15) is 4.88 Å². The lowest BCUT2D eigenvalue weighted by Gasteiger charge is -2.18. The molecule has 0 amide bonds. The quantitative estimate of drug-likeness (QED) is 0.750. The minimum Gasteiger partial charge on any atom is -0.372 e. The van der Waals surface area contributed by atoms with E-state index in [2.05, 4.69) is 42.2 Å². The van der Waals surface area contributed by atoms with Crippen LogP contribution in [0, 0.1) is 0 Å². The third-order valence-corrected chi connectivity index (χ3v) is 6.68. The molecular weight excluding hydrogens is 442 g/mol. The van der Waals surface area contributed by atoms with Gasteiger partial charge in [-0.2, -0.15) is 4.31 Å². The van der Waals surface area contributed by atoms with Gasteiger partial charge in [0, 0.05) is 46.0 Å². The number of rotatable bonds is 5. The van der Waals surface area contributed by atoms with Gasteiger partial charge >= 0.3 is 0 Å². The van der Waals surface area contributed by atoms with Gasteiger partial charge in [-0.05, 0) is 44.0 Å². The second-order valence-corrected chi connectivity index (χ2v) is 9.08. The summed E-state index contributed by atoms with van der Waals surface area (Å²) in [6, 6.07) is 3.46. The number of anilines is 1. The van der Waals surface area contributed by atoms with E-state index in [0.717, 1.165) is 9.35 Å². The van der Waals surface area contributed by atoms with E-state index in [-0.39, 0.29) is 4.90 Å². The summed E-state index contributed by atoms with van der Waals surface area (Å²) >= 11 is 8.13. The third-order valence-electron chi connectivity index (χ3n) is 2.74. The van der Waals surface area contributed by atoms with Crippen LogP contribution < -0.4 is 5.32 Å². The molecule has 2 aromatic heterocycles. The summed E-state index contributed by atoms with van der Waals surface area (Å²) in [5.74, 6) is 0.331. The van der Waals surface area contributed by atoms with Crippen LogP contribution in [0.5, 0.6) is 0 Å². The average Bonchev–Trinajstić information content (AvgIpc) is 2.84. The molecule has 0 bridgehead atoms. The van der Waals surface area contributed by atoms with Crippen molar-refractivity contribution >= 4 is 59.0 Å². The van der Waals surface area contributed by atoms with E-state index in [1.165, 1.54) is 15.6 Å². The maximum absolute atomic E-state index is 12.7. The molecular formula is C12H13Br2N3O2S2. The van der Waals surface area contributed by atoms with Crippen molar-refractivity contribution in [2.24, 2.45) is 0 Å². The normalized spacial score (nSPS) is 11.9. The topological polar surface area (TPSA) is 62.3 Å². The molecule has 0 aliphatic heterocycles. The van der Waals surface area contributed by atoms with E-state index in [1.807, 2.05) is 11.4 Å². The van der Waals surface area contributed by atoms with Crippen LogP contribution in [0.3, 0.4) is 0 Å². The number of nitrogens with one attached hydrogen (secondary N) is 1. The zero-order valence-corrected chi connectivity index (χ0v) is 16.1. The molecule has 2 heterocycles. The molecule has 21 heavy (non-hydrogen) atoms. The Balaban J connectivity index is 2.35. The molecule has 2 rings (SSSR count). The fourth-order valence-corrected chi connectivity index (χ4v) is 5.10. The van der Waals surface area contributed by atoms with Crippen LogP contribution in [0.4, 0.5) is 5.82 Å². The number of nitrogens with zero attached hydrogens (tertiary/aromatic N) is 2. The van der Waals surface area contributed by atoms with Gasteiger partial charge < -0.3 is 5.32 Å². The first-order valence-electron chi connectivity index (χ1n) is 5.87. The van der Waals surface area contributed by atoms with Crippen LogP contribution in [-0.2, 0) is 16.6 Å². The predicted octanol–water partition coefficient (Wildman–Crippen LogP) is 3.53. The van der Waals surface area contributed by atoms with Crippen molar-refractivity contribution in [1.82, 2.24) is 9.29 Å². The molecule has 9 heteroatoms. The van der Waals surface area contributed by atoms with Gasteiger partial charge in [0.05, 0.1) is 0 Å². The Morgan fingerprint density at radius 1 is 1.33 bits per heavy atom. The van der Waals surface area contributed by atoms with Gasteiger partial charge in [-0.3, -0.25) is 0 Å². The van der Waals surface area contributed by atoms with Gasteiger partial charge in [0.1, 0.15) is 10.7 Å². The van der Waals surface area contributed by atoms with Gasteiger partial charge in [-0.1, -0.05) is 0 Å². The highest BCUT2D eigenvalue weighted by atomic mass is 79.9. The van der Waals surface area contributed by atoms with Crippen molar-refractivity contribution in [2.45, 2.75) is 11.4 Å². The van der Waals surface area contributed by atoms with Crippen LogP contribution >= 0.6 is 43.2 Å². The van der Waals surface area contributed by atoms with E-state index in [1.54, 1.807) is 26.4 Å². The predicted molar refractivity (Wildman–Crippen MR) is 92.2 cm³/mol. The summed E-state index contributed by atoms with van der Waals surface area (Å²) in [6.45, 7) is 0.314. The molecule has 2 aromatic rings. The molecule has 0 saturated heterocycles.